The number of benzene rings is 1. The number of nitroso groups, excluding NO2 is 1. The first-order valence-corrected chi connectivity index (χ1v) is 9.86. The molecule has 1 amide bonds. The van der Waals surface area contributed by atoms with Gasteiger partial charge < -0.3 is 19.5 Å². The van der Waals surface area contributed by atoms with Crippen LogP contribution in [0.2, 0.25) is 0 Å². The van der Waals surface area contributed by atoms with Gasteiger partial charge in [-0.25, -0.2) is 0 Å². The maximum Gasteiger partial charge on any atom is 0.270 e. The summed E-state index contributed by atoms with van der Waals surface area (Å²) >= 11 is 0. The molecule has 1 aromatic carbocycles. The van der Waals surface area contributed by atoms with E-state index >= 15 is 0 Å². The summed E-state index contributed by atoms with van der Waals surface area (Å²) < 4.78 is 7.61. The average molecular weight is 384 g/mol. The molecule has 2 heterocycles. The largest absolute Gasteiger partial charge is 0.492 e. The number of rotatable bonds is 10. The zero-order valence-electron chi connectivity index (χ0n) is 16.3. The van der Waals surface area contributed by atoms with Gasteiger partial charge in [0.25, 0.3) is 5.91 Å². The van der Waals surface area contributed by atoms with Gasteiger partial charge in [-0.1, -0.05) is 23.4 Å². The second kappa shape index (κ2) is 10.0. The lowest BCUT2D eigenvalue weighted by Crippen LogP contribution is -2.28. The van der Waals surface area contributed by atoms with Crippen molar-refractivity contribution in [3.63, 3.8) is 0 Å². The third kappa shape index (κ3) is 4.98. The molecule has 1 aliphatic rings. The Labute approximate surface area is 165 Å². The summed E-state index contributed by atoms with van der Waals surface area (Å²) in [6.07, 6.45) is 4.43. The van der Waals surface area contributed by atoms with Crippen molar-refractivity contribution in [1.29, 1.82) is 0 Å². The molecule has 1 N–H and O–H groups in total. The first kappa shape index (κ1) is 20.1. The number of hydrogen-bond donors (Lipinski definition) is 1. The Morgan fingerprint density at radius 3 is 2.79 bits per heavy atom. The molecule has 7 heteroatoms. The van der Waals surface area contributed by atoms with E-state index in [0.29, 0.717) is 25.3 Å². The Hall–Kier alpha value is -2.67. The molecule has 28 heavy (non-hydrogen) atoms. The molecule has 1 atom stereocenters. The lowest BCUT2D eigenvalue weighted by atomic mass is 10.1. The molecular weight excluding hydrogens is 356 g/mol. The Balaban J connectivity index is 1.40. The monoisotopic (exact) mass is 384 g/mol. The zero-order valence-corrected chi connectivity index (χ0v) is 16.3. The van der Waals surface area contributed by atoms with E-state index in [1.165, 1.54) is 0 Å². The van der Waals surface area contributed by atoms with Gasteiger partial charge in [0.05, 0.1) is 0 Å². The summed E-state index contributed by atoms with van der Waals surface area (Å²) in [5, 5.41) is 6.60. The SMILES string of the molecule is CN1CCC(N=O)c2ccn(CCCCNCCOc3ccccc3)c2C1=O. The number of aromatic nitrogens is 1. The first-order valence-electron chi connectivity index (χ1n) is 9.86. The van der Waals surface area contributed by atoms with Crippen LogP contribution >= 0.6 is 0 Å². The molecule has 0 bridgehead atoms. The van der Waals surface area contributed by atoms with Gasteiger partial charge in [-0.3, -0.25) is 4.79 Å². The predicted molar refractivity (Wildman–Crippen MR) is 109 cm³/mol. The van der Waals surface area contributed by atoms with Gasteiger partial charge in [0.2, 0.25) is 0 Å². The van der Waals surface area contributed by atoms with E-state index in [4.69, 9.17) is 4.74 Å². The molecule has 150 valence electrons. The average Bonchev–Trinajstić information content (AvgIpc) is 3.09. The van der Waals surface area contributed by atoms with Gasteiger partial charge in [0.15, 0.2) is 0 Å². The number of unbranched alkanes of at least 4 members (excludes halogenated alkanes) is 1. The van der Waals surface area contributed by atoms with Gasteiger partial charge in [0, 0.05) is 38.4 Å². The van der Waals surface area contributed by atoms with E-state index in [0.717, 1.165) is 43.8 Å². The number of nitrogens with one attached hydrogen (secondary N) is 1. The molecule has 1 aliphatic heterocycles. The van der Waals surface area contributed by atoms with Crippen LogP contribution < -0.4 is 10.1 Å². The molecular formula is C21H28N4O3. The maximum absolute atomic E-state index is 12.6. The van der Waals surface area contributed by atoms with Crippen LogP contribution in [-0.4, -0.2) is 48.7 Å². The molecule has 0 saturated carbocycles. The highest BCUT2D eigenvalue weighted by Crippen LogP contribution is 2.30. The second-order valence-electron chi connectivity index (χ2n) is 7.07. The standard InChI is InChI=1S/C21H28N4O3/c1-24-14-10-19(23-27)18-9-15-25(20(18)21(24)26)13-6-5-11-22-12-16-28-17-7-3-2-4-8-17/h2-4,7-9,15,19,22H,5-6,10-14,16H2,1H3. The lowest BCUT2D eigenvalue weighted by Gasteiger charge is -2.16. The lowest BCUT2D eigenvalue weighted by molar-refractivity contribution is 0.0788. The van der Waals surface area contributed by atoms with Crippen LogP contribution in [0.25, 0.3) is 0 Å². The van der Waals surface area contributed by atoms with Gasteiger partial charge in [0.1, 0.15) is 24.1 Å². The van der Waals surface area contributed by atoms with Gasteiger partial charge in [-0.2, -0.15) is 4.91 Å². The van der Waals surface area contributed by atoms with E-state index in [1.807, 2.05) is 47.2 Å². The highest BCUT2D eigenvalue weighted by atomic mass is 16.5. The Kier molecular flexibility index (Phi) is 7.19. The highest BCUT2D eigenvalue weighted by molar-refractivity contribution is 5.94. The summed E-state index contributed by atoms with van der Waals surface area (Å²) in [5.41, 5.74) is 1.38. The fourth-order valence-corrected chi connectivity index (χ4v) is 3.47. The number of ether oxygens (including phenoxy) is 1. The van der Waals surface area contributed by atoms with E-state index < -0.39 is 6.04 Å². The zero-order chi connectivity index (χ0) is 19.8. The summed E-state index contributed by atoms with van der Waals surface area (Å²) in [7, 11) is 1.78. The minimum atomic E-state index is -0.434. The van der Waals surface area contributed by atoms with Gasteiger partial charge in [-0.05, 0) is 44.0 Å². The van der Waals surface area contributed by atoms with E-state index in [-0.39, 0.29) is 5.91 Å². The molecule has 1 unspecified atom stereocenters. The van der Waals surface area contributed by atoms with Crippen LogP contribution in [0.15, 0.2) is 47.8 Å². The van der Waals surface area contributed by atoms with Crippen LogP contribution in [0.3, 0.4) is 0 Å². The number of amides is 1. The normalized spacial score (nSPS) is 16.5. The van der Waals surface area contributed by atoms with Crippen LogP contribution in [0.5, 0.6) is 5.75 Å². The summed E-state index contributed by atoms with van der Waals surface area (Å²) in [4.78, 5) is 25.5. The highest BCUT2D eigenvalue weighted by Gasteiger charge is 2.29. The van der Waals surface area contributed by atoms with E-state index in [9.17, 15) is 9.70 Å². The molecule has 0 aliphatic carbocycles. The number of fused-ring (bicyclic) bond motifs is 1. The quantitative estimate of drug-likeness (QED) is 0.504. The minimum absolute atomic E-state index is 0.0256. The molecule has 0 fully saturated rings. The van der Waals surface area contributed by atoms with Crippen molar-refractivity contribution in [3.05, 3.63) is 58.8 Å². The Morgan fingerprint density at radius 2 is 2.00 bits per heavy atom. The second-order valence-corrected chi connectivity index (χ2v) is 7.07. The molecule has 3 rings (SSSR count). The van der Waals surface area contributed by atoms with Gasteiger partial charge >= 0.3 is 0 Å². The third-order valence-corrected chi connectivity index (χ3v) is 5.06. The Morgan fingerprint density at radius 1 is 1.18 bits per heavy atom. The van der Waals surface area contributed by atoms with Crippen LogP contribution in [-0.2, 0) is 6.54 Å². The molecule has 2 aromatic rings. The first-order chi connectivity index (χ1) is 13.7. The minimum Gasteiger partial charge on any atom is -0.492 e. The van der Waals surface area contributed by atoms with E-state index in [2.05, 4.69) is 10.5 Å². The Bertz CT molecular complexity index is 775. The van der Waals surface area contributed by atoms with Crippen molar-refractivity contribution in [2.75, 3.05) is 33.3 Å². The smallest absolute Gasteiger partial charge is 0.270 e. The number of aryl methyl sites for hydroxylation is 1. The van der Waals surface area contributed by atoms with Crippen molar-refractivity contribution >= 4 is 5.91 Å². The summed E-state index contributed by atoms with van der Waals surface area (Å²) in [6, 6.07) is 11.2. The topological polar surface area (TPSA) is 75.9 Å². The van der Waals surface area contributed by atoms with Crippen LogP contribution in [0.4, 0.5) is 0 Å². The van der Waals surface area contributed by atoms with Gasteiger partial charge in [-0.15, -0.1) is 0 Å². The molecule has 0 spiro atoms. The fourth-order valence-electron chi connectivity index (χ4n) is 3.47. The predicted octanol–water partition coefficient (Wildman–Crippen LogP) is 3.22. The fraction of sp³-hybridized carbons (Fsp3) is 0.476. The van der Waals surface area contributed by atoms with Crippen LogP contribution in [0, 0.1) is 4.91 Å². The van der Waals surface area contributed by atoms with Crippen molar-refractivity contribution in [2.45, 2.75) is 31.8 Å². The number of nitrogens with zero attached hydrogens (tertiary/aromatic N) is 3. The summed E-state index contributed by atoms with van der Waals surface area (Å²) in [5.74, 6) is 0.859. The van der Waals surface area contributed by atoms with Crippen molar-refractivity contribution in [1.82, 2.24) is 14.8 Å². The van der Waals surface area contributed by atoms with Crippen molar-refractivity contribution in [2.24, 2.45) is 5.18 Å². The summed E-state index contributed by atoms with van der Waals surface area (Å²) in [6.45, 7) is 3.63. The number of carbonyl (C=O) groups is 1. The molecule has 1 aromatic heterocycles. The number of carbonyl (C=O) groups excluding carboxylic acids is 1. The number of hydrogen-bond acceptors (Lipinski definition) is 5. The van der Waals surface area contributed by atoms with Crippen molar-refractivity contribution < 1.29 is 9.53 Å². The van der Waals surface area contributed by atoms with Crippen LogP contribution in [0.1, 0.15) is 41.4 Å². The molecule has 0 saturated heterocycles. The maximum atomic E-state index is 12.6. The molecule has 7 nitrogen and oxygen atoms in total. The van der Waals surface area contributed by atoms with Crippen molar-refractivity contribution in [3.8, 4) is 5.75 Å². The third-order valence-electron chi connectivity index (χ3n) is 5.06. The van der Waals surface area contributed by atoms with E-state index in [1.54, 1.807) is 11.9 Å². The number of para-hydroxylation sites is 1. The molecule has 0 radical (unpaired) electrons.